The van der Waals surface area contributed by atoms with Gasteiger partial charge in [0.1, 0.15) is 11.0 Å². The molecule has 0 saturated heterocycles. The summed E-state index contributed by atoms with van der Waals surface area (Å²) in [7, 11) is 0. The molecular formula is C16H19ClN2. The first-order valence-corrected chi connectivity index (χ1v) is 7.04. The second kappa shape index (κ2) is 5.70. The largest absolute Gasteiger partial charge is 0.233 e. The maximum Gasteiger partial charge on any atom is 0.136 e. The van der Waals surface area contributed by atoms with E-state index in [9.17, 15) is 0 Å². The molecule has 0 aliphatic heterocycles. The van der Waals surface area contributed by atoms with Gasteiger partial charge in [-0.15, -0.1) is 0 Å². The van der Waals surface area contributed by atoms with Gasteiger partial charge in [0, 0.05) is 17.5 Å². The quantitative estimate of drug-likeness (QED) is 0.752. The van der Waals surface area contributed by atoms with Gasteiger partial charge in [0.05, 0.1) is 5.69 Å². The number of benzene rings is 1. The third kappa shape index (κ3) is 2.95. The molecule has 2 aromatic rings. The summed E-state index contributed by atoms with van der Waals surface area (Å²) in [4.78, 5) is 8.88. The van der Waals surface area contributed by atoms with Crippen molar-refractivity contribution in [3.8, 4) is 11.3 Å². The first-order chi connectivity index (χ1) is 9.02. The van der Waals surface area contributed by atoms with E-state index in [4.69, 9.17) is 11.6 Å². The molecule has 0 unspecified atom stereocenters. The Bertz CT molecular complexity index is 574. The summed E-state index contributed by atoms with van der Waals surface area (Å²) >= 11 is 6.18. The van der Waals surface area contributed by atoms with Crippen LogP contribution >= 0.6 is 11.6 Å². The number of rotatable bonds is 3. The Morgan fingerprint density at radius 1 is 1.11 bits per heavy atom. The van der Waals surface area contributed by atoms with Crippen LogP contribution in [0, 0.1) is 6.92 Å². The fourth-order valence-corrected chi connectivity index (χ4v) is 2.18. The van der Waals surface area contributed by atoms with Crippen molar-refractivity contribution in [1.29, 1.82) is 0 Å². The molecule has 3 heteroatoms. The monoisotopic (exact) mass is 274 g/mol. The van der Waals surface area contributed by atoms with Gasteiger partial charge < -0.3 is 0 Å². The molecule has 2 rings (SSSR count). The molecular weight excluding hydrogens is 256 g/mol. The molecule has 19 heavy (non-hydrogen) atoms. The molecule has 0 bridgehead atoms. The van der Waals surface area contributed by atoms with E-state index in [1.165, 1.54) is 5.56 Å². The van der Waals surface area contributed by atoms with E-state index in [1.807, 2.05) is 13.8 Å². The van der Waals surface area contributed by atoms with Gasteiger partial charge in [0.15, 0.2) is 0 Å². The van der Waals surface area contributed by atoms with Crippen LogP contribution in [0.5, 0.6) is 0 Å². The van der Waals surface area contributed by atoms with E-state index in [0.717, 1.165) is 29.1 Å². The highest BCUT2D eigenvalue weighted by atomic mass is 35.5. The molecule has 0 radical (unpaired) electrons. The Morgan fingerprint density at radius 2 is 1.74 bits per heavy atom. The van der Waals surface area contributed by atoms with Crippen molar-refractivity contribution in [3.63, 3.8) is 0 Å². The number of aromatic nitrogens is 2. The van der Waals surface area contributed by atoms with Crippen LogP contribution in [0.1, 0.15) is 43.6 Å². The topological polar surface area (TPSA) is 25.8 Å². The average Bonchev–Trinajstić information content (AvgIpc) is 2.41. The van der Waals surface area contributed by atoms with Crippen molar-refractivity contribution in [2.75, 3.05) is 0 Å². The van der Waals surface area contributed by atoms with Crippen LogP contribution in [0.25, 0.3) is 11.3 Å². The molecule has 0 atom stereocenters. The summed E-state index contributed by atoms with van der Waals surface area (Å²) in [6.07, 6.45) is 0.789. The minimum Gasteiger partial charge on any atom is -0.233 e. The SMILES string of the molecule is CCc1nc(Cl)c(C)c(-c2ccc(C(C)C)cc2)n1. The van der Waals surface area contributed by atoms with Crippen molar-refractivity contribution in [3.05, 3.63) is 46.4 Å². The molecule has 0 aliphatic rings. The van der Waals surface area contributed by atoms with Crippen LogP contribution in [0.4, 0.5) is 0 Å². The summed E-state index contributed by atoms with van der Waals surface area (Å²) in [5.41, 5.74) is 4.31. The Hall–Kier alpha value is -1.41. The standard InChI is InChI=1S/C16H19ClN2/c1-5-14-18-15(11(4)16(17)19-14)13-8-6-12(7-9-13)10(2)3/h6-10H,5H2,1-4H3. The first-order valence-electron chi connectivity index (χ1n) is 6.66. The maximum absolute atomic E-state index is 6.18. The predicted molar refractivity (Wildman–Crippen MR) is 80.7 cm³/mol. The Morgan fingerprint density at radius 3 is 2.26 bits per heavy atom. The summed E-state index contributed by atoms with van der Waals surface area (Å²) in [6, 6.07) is 8.53. The number of aryl methyl sites for hydroxylation is 1. The Balaban J connectivity index is 2.49. The fraction of sp³-hybridized carbons (Fsp3) is 0.375. The normalized spacial score (nSPS) is 11.1. The van der Waals surface area contributed by atoms with Gasteiger partial charge in [-0.25, -0.2) is 9.97 Å². The number of halogens is 1. The zero-order valence-corrected chi connectivity index (χ0v) is 12.6. The van der Waals surface area contributed by atoms with Gasteiger partial charge in [-0.05, 0) is 18.4 Å². The van der Waals surface area contributed by atoms with Crippen molar-refractivity contribution < 1.29 is 0 Å². The second-order valence-corrected chi connectivity index (χ2v) is 5.39. The fourth-order valence-electron chi connectivity index (χ4n) is 2.00. The lowest BCUT2D eigenvalue weighted by atomic mass is 10.00. The average molecular weight is 275 g/mol. The smallest absolute Gasteiger partial charge is 0.136 e. The Labute approximate surface area is 119 Å². The van der Waals surface area contributed by atoms with E-state index >= 15 is 0 Å². The third-order valence-corrected chi connectivity index (χ3v) is 3.67. The van der Waals surface area contributed by atoms with Crippen molar-refractivity contribution in [2.45, 2.75) is 40.0 Å². The van der Waals surface area contributed by atoms with E-state index < -0.39 is 0 Å². The van der Waals surface area contributed by atoms with E-state index in [1.54, 1.807) is 0 Å². The molecule has 0 fully saturated rings. The number of hydrogen-bond acceptors (Lipinski definition) is 2. The number of hydrogen-bond donors (Lipinski definition) is 0. The van der Waals surface area contributed by atoms with Crippen molar-refractivity contribution >= 4 is 11.6 Å². The van der Waals surface area contributed by atoms with Gasteiger partial charge in [0.2, 0.25) is 0 Å². The zero-order valence-electron chi connectivity index (χ0n) is 11.9. The highest BCUT2D eigenvalue weighted by Gasteiger charge is 2.11. The lowest BCUT2D eigenvalue weighted by Crippen LogP contribution is -1.99. The molecule has 0 spiro atoms. The van der Waals surface area contributed by atoms with Crippen LogP contribution in [-0.2, 0) is 6.42 Å². The van der Waals surface area contributed by atoms with Crippen molar-refractivity contribution in [1.82, 2.24) is 9.97 Å². The van der Waals surface area contributed by atoms with Crippen LogP contribution in [-0.4, -0.2) is 9.97 Å². The minimum absolute atomic E-state index is 0.537. The molecule has 2 nitrogen and oxygen atoms in total. The molecule has 0 N–H and O–H groups in total. The summed E-state index contributed by atoms with van der Waals surface area (Å²) < 4.78 is 0. The van der Waals surface area contributed by atoms with Gasteiger partial charge in [0.25, 0.3) is 0 Å². The highest BCUT2D eigenvalue weighted by molar-refractivity contribution is 6.30. The highest BCUT2D eigenvalue weighted by Crippen LogP contribution is 2.27. The van der Waals surface area contributed by atoms with Gasteiger partial charge >= 0.3 is 0 Å². The third-order valence-electron chi connectivity index (χ3n) is 3.30. The lowest BCUT2D eigenvalue weighted by molar-refractivity contribution is 0.866. The van der Waals surface area contributed by atoms with Crippen molar-refractivity contribution in [2.24, 2.45) is 0 Å². The van der Waals surface area contributed by atoms with Gasteiger partial charge in [-0.2, -0.15) is 0 Å². The second-order valence-electron chi connectivity index (χ2n) is 5.03. The Kier molecular flexibility index (Phi) is 4.20. The zero-order chi connectivity index (χ0) is 14.0. The van der Waals surface area contributed by atoms with Crippen LogP contribution in [0.3, 0.4) is 0 Å². The van der Waals surface area contributed by atoms with Gasteiger partial charge in [-0.3, -0.25) is 0 Å². The first kappa shape index (κ1) is 14.0. The molecule has 0 saturated carbocycles. The predicted octanol–water partition coefficient (Wildman–Crippen LogP) is 4.79. The summed E-state index contributed by atoms with van der Waals surface area (Å²) in [5.74, 6) is 1.33. The summed E-state index contributed by atoms with van der Waals surface area (Å²) in [5, 5.41) is 0.551. The van der Waals surface area contributed by atoms with Crippen LogP contribution < -0.4 is 0 Å². The van der Waals surface area contributed by atoms with E-state index in [0.29, 0.717) is 11.1 Å². The van der Waals surface area contributed by atoms with Crippen LogP contribution in [0.15, 0.2) is 24.3 Å². The van der Waals surface area contributed by atoms with Gasteiger partial charge in [-0.1, -0.05) is 56.6 Å². The molecule has 100 valence electrons. The summed E-state index contributed by atoms with van der Waals surface area (Å²) in [6.45, 7) is 8.38. The molecule has 1 heterocycles. The molecule has 1 aromatic heterocycles. The molecule has 0 amide bonds. The minimum atomic E-state index is 0.537. The van der Waals surface area contributed by atoms with Crippen LogP contribution in [0.2, 0.25) is 5.15 Å². The maximum atomic E-state index is 6.18. The number of nitrogens with zero attached hydrogens (tertiary/aromatic N) is 2. The molecule has 1 aromatic carbocycles. The molecule has 0 aliphatic carbocycles. The lowest BCUT2D eigenvalue weighted by Gasteiger charge is -2.10. The van der Waals surface area contributed by atoms with E-state index in [-0.39, 0.29) is 0 Å². The van der Waals surface area contributed by atoms with E-state index in [2.05, 4.69) is 48.1 Å².